The normalized spacial score (nSPS) is 40.1. The summed E-state index contributed by atoms with van der Waals surface area (Å²) in [4.78, 5) is 90.9. The fourth-order valence-corrected chi connectivity index (χ4v) is 18.0. The van der Waals surface area contributed by atoms with Gasteiger partial charge in [0.25, 0.3) is 0 Å². The standard InChI is InChI=1S/C14H24O4.C14H24O3.C13H21NO3.C12H19NO3.C12H18O4/c1-9-10(2)12-7-11(9)8-13(12)14(16)18-6-5-17-4-3-15;1-4-16-5-6-17-14(15)13-8-11-7-12(13)10(3)9(11)2;1-6-7(2)10-4-9(6)5-11(10)12(15)14-8(3)13(16)17;1-6-7(2)9-3-8(6)4-10(9)12(16)13-5-11(14)15;1-6-7(2)9-3-8(6)4-10(9)12(15)16-5-11(13)14/h9-13,15H,3-8H2,1-2H3;9-13H,4-8H2,1-3H3;6-11H,4-5H2,1-3H3,(H,14,15)(H,16,17);6-10H,3-5H2,1-2H3,(H,13,16)(H,14,15);6-10H,3-5H2,1-2H3,(H,13,14). The Morgan fingerprint density at radius 1 is 0.417 bits per heavy atom. The highest BCUT2D eigenvalue weighted by Crippen LogP contribution is 2.59. The molecule has 0 aliphatic heterocycles. The van der Waals surface area contributed by atoms with Crippen LogP contribution >= 0.6 is 0 Å². The third kappa shape index (κ3) is 16.4. The first kappa shape index (κ1) is 68.7. The number of rotatable bonds is 20. The number of fused-ring (bicyclic) bond motifs is 10. The first-order valence-electron chi connectivity index (χ1n) is 32.2. The molecule has 0 saturated heterocycles. The molecule has 0 aromatic heterocycles. The number of hydrogen-bond donors (Lipinski definition) is 6. The molecule has 26 unspecified atom stereocenters. The van der Waals surface area contributed by atoms with E-state index < -0.39 is 30.6 Å². The smallest absolute Gasteiger partial charge is 0.341 e. The largest absolute Gasteiger partial charge is 0.480 e. The minimum Gasteiger partial charge on any atom is -0.480 e. The summed E-state index contributed by atoms with van der Waals surface area (Å²) in [5.41, 5.74) is 0. The number of carbonyl (C=O) groups excluding carboxylic acids is 5. The highest BCUT2D eigenvalue weighted by Gasteiger charge is 2.55. The lowest BCUT2D eigenvalue weighted by Gasteiger charge is -2.31. The van der Waals surface area contributed by atoms with Crippen LogP contribution < -0.4 is 10.6 Å². The minimum absolute atomic E-state index is 0.00965. The van der Waals surface area contributed by atoms with Crippen molar-refractivity contribution in [1.29, 1.82) is 0 Å². The van der Waals surface area contributed by atoms with Gasteiger partial charge in [-0.3, -0.25) is 33.6 Å². The van der Waals surface area contributed by atoms with Gasteiger partial charge < -0.3 is 54.7 Å². The van der Waals surface area contributed by atoms with Crippen molar-refractivity contribution in [1.82, 2.24) is 10.6 Å². The first-order valence-corrected chi connectivity index (χ1v) is 32.2. The number of esters is 3. The number of carbonyl (C=O) groups is 8. The van der Waals surface area contributed by atoms with E-state index in [-0.39, 0.29) is 72.5 Å². The van der Waals surface area contributed by atoms with Gasteiger partial charge in [0, 0.05) is 18.4 Å². The van der Waals surface area contributed by atoms with Gasteiger partial charge >= 0.3 is 35.8 Å². The number of hydrogen-bond acceptors (Lipinski definition) is 14. The summed E-state index contributed by atoms with van der Waals surface area (Å²) in [6, 6.07) is -0.783. The monoisotopic (exact) mass is 1190 g/mol. The third-order valence-corrected chi connectivity index (χ3v) is 23.9. The molecule has 0 spiro atoms. The lowest BCUT2D eigenvalue weighted by molar-refractivity contribution is -0.160. The van der Waals surface area contributed by atoms with Crippen LogP contribution in [0.2, 0.25) is 0 Å². The highest BCUT2D eigenvalue weighted by molar-refractivity contribution is 5.85. The van der Waals surface area contributed by atoms with Crippen molar-refractivity contribution in [3.05, 3.63) is 0 Å². The Bertz CT molecular complexity index is 2170. The number of carboxylic acid groups (broad SMARTS) is 3. The Morgan fingerprint density at radius 3 is 1.06 bits per heavy atom. The molecule has 84 heavy (non-hydrogen) atoms. The van der Waals surface area contributed by atoms with Gasteiger partial charge in [0.2, 0.25) is 11.8 Å². The molecule has 10 aliphatic rings. The van der Waals surface area contributed by atoms with Gasteiger partial charge in [0.05, 0.1) is 44.2 Å². The van der Waals surface area contributed by atoms with Gasteiger partial charge in [0.15, 0.2) is 6.61 Å². The molecule has 26 atom stereocenters. The number of aliphatic carboxylic acids is 3. The molecule has 10 saturated carbocycles. The van der Waals surface area contributed by atoms with Crippen LogP contribution in [0.4, 0.5) is 0 Å². The molecule has 10 rings (SSSR count). The number of carboxylic acids is 3. The summed E-state index contributed by atoms with van der Waals surface area (Å²) in [7, 11) is 0. The lowest BCUT2D eigenvalue weighted by atomic mass is 9.75. The first-order chi connectivity index (χ1) is 39.7. The maximum absolute atomic E-state index is 12.0. The van der Waals surface area contributed by atoms with Crippen LogP contribution in [0.15, 0.2) is 0 Å². The summed E-state index contributed by atoms with van der Waals surface area (Å²) in [5, 5.41) is 39.4. The summed E-state index contributed by atoms with van der Waals surface area (Å²) in [5.74, 6) is 9.35. The number of aliphatic hydroxyl groups is 1. The van der Waals surface area contributed by atoms with Gasteiger partial charge in [-0.25, -0.2) is 4.79 Å². The average molecular weight is 1190 g/mol. The van der Waals surface area contributed by atoms with E-state index in [1.165, 1.54) is 19.8 Å². The number of amides is 2. The van der Waals surface area contributed by atoms with Crippen molar-refractivity contribution in [2.24, 2.45) is 148 Å². The van der Waals surface area contributed by atoms with Crippen LogP contribution in [-0.4, -0.2) is 133 Å². The molecule has 478 valence electrons. The third-order valence-electron chi connectivity index (χ3n) is 23.9. The molecule has 0 aromatic rings. The van der Waals surface area contributed by atoms with Crippen LogP contribution in [-0.2, 0) is 62.0 Å². The van der Waals surface area contributed by atoms with Crippen molar-refractivity contribution in [2.75, 3.05) is 59.4 Å². The Labute approximate surface area is 499 Å². The van der Waals surface area contributed by atoms with E-state index in [4.69, 9.17) is 44.1 Å². The second-order valence-electron chi connectivity index (χ2n) is 27.6. The molecule has 19 heteroatoms. The van der Waals surface area contributed by atoms with Crippen LogP contribution in [0.25, 0.3) is 0 Å². The molecule has 0 heterocycles. The quantitative estimate of drug-likeness (QED) is 0.0381. The predicted molar refractivity (Wildman–Crippen MR) is 311 cm³/mol. The Morgan fingerprint density at radius 2 is 0.750 bits per heavy atom. The van der Waals surface area contributed by atoms with Crippen molar-refractivity contribution >= 4 is 47.6 Å². The van der Waals surface area contributed by atoms with Gasteiger partial charge in [-0.15, -0.1) is 0 Å². The molecular weight excluding hydrogens is 1080 g/mol. The average Bonchev–Trinajstić information content (AvgIpc) is 2.59. The molecule has 0 aromatic carbocycles. The lowest BCUT2D eigenvalue weighted by Crippen LogP contribution is -2.44. The van der Waals surface area contributed by atoms with E-state index in [1.54, 1.807) is 0 Å². The van der Waals surface area contributed by atoms with Crippen LogP contribution in [0, 0.1) is 148 Å². The number of ether oxygens (including phenoxy) is 5. The van der Waals surface area contributed by atoms with Gasteiger partial charge in [0.1, 0.15) is 25.8 Å². The summed E-state index contributed by atoms with van der Waals surface area (Å²) >= 11 is 0. The number of aliphatic hydroxyl groups excluding tert-OH is 1. The zero-order valence-electron chi connectivity index (χ0n) is 52.5. The summed E-state index contributed by atoms with van der Waals surface area (Å²) in [6.45, 7) is 27.9. The second-order valence-corrected chi connectivity index (χ2v) is 27.6. The Hall–Kier alpha value is -4.36. The van der Waals surface area contributed by atoms with E-state index in [0.29, 0.717) is 140 Å². The molecule has 19 nitrogen and oxygen atoms in total. The van der Waals surface area contributed by atoms with Crippen molar-refractivity contribution in [2.45, 2.75) is 153 Å². The molecule has 2 amide bonds. The molecule has 0 radical (unpaired) electrons. The molecular formula is C65H106N2O17. The highest BCUT2D eigenvalue weighted by atomic mass is 16.6. The SMILES string of the molecule is CC(NC(=O)C1CC2CC1C(C)C2C)C(=O)O.CC1C2CC(C(=O)NCC(=O)O)C(C2)C1C.CC1C2CC(C(=O)OCC(=O)O)C(C2)C1C.CC1C2CC(C(=O)OCCOCCO)C(C2)C1C.CCOCCOC(=O)C1CC2CC1C(C)C2C. The van der Waals surface area contributed by atoms with Crippen molar-refractivity contribution in [3.8, 4) is 0 Å². The fourth-order valence-electron chi connectivity index (χ4n) is 18.0. The predicted octanol–water partition coefficient (Wildman–Crippen LogP) is 8.12. The van der Waals surface area contributed by atoms with Crippen LogP contribution in [0.3, 0.4) is 0 Å². The summed E-state index contributed by atoms with van der Waals surface area (Å²) in [6.07, 6.45) is 10.6. The maximum atomic E-state index is 12.0. The maximum Gasteiger partial charge on any atom is 0.341 e. The molecule has 10 bridgehead atoms. The molecule has 10 fully saturated rings. The molecule has 10 aliphatic carbocycles. The van der Waals surface area contributed by atoms with E-state index in [1.807, 2.05) is 6.92 Å². The van der Waals surface area contributed by atoms with Crippen LogP contribution in [0.1, 0.15) is 147 Å². The van der Waals surface area contributed by atoms with Crippen molar-refractivity contribution < 1.29 is 82.5 Å². The van der Waals surface area contributed by atoms with Crippen LogP contribution in [0.5, 0.6) is 0 Å². The minimum atomic E-state index is -1.09. The van der Waals surface area contributed by atoms with E-state index in [0.717, 1.165) is 69.1 Å². The Kier molecular flexibility index (Phi) is 25.4. The van der Waals surface area contributed by atoms with Gasteiger partial charge in [-0.2, -0.15) is 0 Å². The topological polar surface area (TPSA) is 288 Å². The van der Waals surface area contributed by atoms with E-state index in [9.17, 15) is 38.4 Å². The Balaban J connectivity index is 0.000000168. The van der Waals surface area contributed by atoms with E-state index >= 15 is 0 Å². The molecule has 6 N–H and O–H groups in total. The number of nitrogens with one attached hydrogen (secondary N) is 2. The zero-order chi connectivity index (χ0) is 62.0. The summed E-state index contributed by atoms with van der Waals surface area (Å²) < 4.78 is 25.6. The van der Waals surface area contributed by atoms with Crippen molar-refractivity contribution in [3.63, 3.8) is 0 Å². The fraction of sp³-hybridized carbons (Fsp3) is 0.877. The van der Waals surface area contributed by atoms with E-state index in [2.05, 4.69) is 79.9 Å². The van der Waals surface area contributed by atoms with Gasteiger partial charge in [-0.1, -0.05) is 69.2 Å². The zero-order valence-corrected chi connectivity index (χ0v) is 52.5. The van der Waals surface area contributed by atoms with Gasteiger partial charge in [-0.05, 0) is 196 Å². The second kappa shape index (κ2) is 31.0.